The lowest BCUT2D eigenvalue weighted by Crippen LogP contribution is -2.45. The second-order valence-electron chi connectivity index (χ2n) is 7.92. The minimum absolute atomic E-state index is 0.0498. The van der Waals surface area contributed by atoms with Crippen LogP contribution in [0.1, 0.15) is 39.2 Å². The van der Waals surface area contributed by atoms with E-state index in [4.69, 9.17) is 11.6 Å². The number of hydrogen-bond acceptors (Lipinski definition) is 2. The highest BCUT2D eigenvalue weighted by molar-refractivity contribution is 6.30. The first-order chi connectivity index (χ1) is 12.3. The third-order valence-electron chi connectivity index (χ3n) is 4.77. The maximum Gasteiger partial charge on any atom is 0.234 e. The molecule has 3 rings (SSSR count). The number of benzene rings is 2. The Kier molecular flexibility index (Phi) is 5.19. The van der Waals surface area contributed by atoms with Gasteiger partial charge in [0.15, 0.2) is 0 Å². The monoisotopic (exact) mass is 369 g/mol. The zero-order chi connectivity index (χ0) is 18.9. The molecule has 1 atom stereocenters. The molecule has 4 heteroatoms. The Morgan fingerprint density at radius 3 is 2.42 bits per heavy atom. The van der Waals surface area contributed by atoms with Gasteiger partial charge in [-0.3, -0.25) is 14.5 Å². The highest BCUT2D eigenvalue weighted by atomic mass is 35.5. The average molecular weight is 370 g/mol. The SMILES string of the molecule is CC(C)(C)C(=O)N1C(=O)CCC1Cc1ccc(-c2cccc(Cl)c2)cc1. The zero-order valence-corrected chi connectivity index (χ0v) is 16.2. The van der Waals surface area contributed by atoms with Gasteiger partial charge in [-0.25, -0.2) is 0 Å². The Morgan fingerprint density at radius 2 is 1.81 bits per heavy atom. The van der Waals surface area contributed by atoms with E-state index in [1.807, 2.05) is 45.0 Å². The number of amides is 2. The van der Waals surface area contributed by atoms with E-state index in [1.54, 1.807) is 0 Å². The van der Waals surface area contributed by atoms with Crippen molar-refractivity contribution in [2.24, 2.45) is 5.41 Å². The van der Waals surface area contributed by atoms with E-state index in [9.17, 15) is 9.59 Å². The fourth-order valence-electron chi connectivity index (χ4n) is 3.35. The van der Waals surface area contributed by atoms with Crippen molar-refractivity contribution in [1.82, 2.24) is 4.90 Å². The summed E-state index contributed by atoms with van der Waals surface area (Å²) in [5.41, 5.74) is 2.75. The summed E-state index contributed by atoms with van der Waals surface area (Å²) in [4.78, 5) is 26.4. The Bertz CT molecular complexity index is 821. The van der Waals surface area contributed by atoms with E-state index in [0.29, 0.717) is 17.9 Å². The number of imide groups is 1. The number of likely N-dealkylation sites (tertiary alicyclic amines) is 1. The summed E-state index contributed by atoms with van der Waals surface area (Å²) in [6.07, 6.45) is 1.88. The Labute approximate surface area is 160 Å². The van der Waals surface area contributed by atoms with Crippen LogP contribution in [0.5, 0.6) is 0 Å². The minimum atomic E-state index is -0.547. The van der Waals surface area contributed by atoms with E-state index >= 15 is 0 Å². The van der Waals surface area contributed by atoms with Crippen molar-refractivity contribution < 1.29 is 9.59 Å². The van der Waals surface area contributed by atoms with Crippen LogP contribution in [0.3, 0.4) is 0 Å². The van der Waals surface area contributed by atoms with E-state index in [1.165, 1.54) is 4.90 Å². The third kappa shape index (κ3) is 3.99. The second kappa shape index (κ2) is 7.24. The molecule has 1 aliphatic heterocycles. The molecular weight excluding hydrogens is 346 g/mol. The van der Waals surface area contributed by atoms with E-state index < -0.39 is 5.41 Å². The van der Waals surface area contributed by atoms with Crippen molar-refractivity contribution in [2.75, 3.05) is 0 Å². The molecule has 0 saturated carbocycles. The van der Waals surface area contributed by atoms with Gasteiger partial charge >= 0.3 is 0 Å². The van der Waals surface area contributed by atoms with Crippen LogP contribution in [-0.4, -0.2) is 22.8 Å². The van der Waals surface area contributed by atoms with Gasteiger partial charge in [-0.2, -0.15) is 0 Å². The molecule has 2 aromatic rings. The summed E-state index contributed by atoms with van der Waals surface area (Å²) >= 11 is 6.07. The predicted octanol–water partition coefficient (Wildman–Crippen LogP) is 5.11. The molecular formula is C22H24ClNO2. The molecule has 26 heavy (non-hydrogen) atoms. The van der Waals surface area contributed by atoms with Crippen molar-refractivity contribution in [3.05, 3.63) is 59.1 Å². The molecule has 0 aromatic heterocycles. The Hall–Kier alpha value is -2.13. The molecule has 3 nitrogen and oxygen atoms in total. The summed E-state index contributed by atoms with van der Waals surface area (Å²) in [6, 6.07) is 16.0. The molecule has 0 spiro atoms. The lowest BCUT2D eigenvalue weighted by atomic mass is 9.93. The van der Waals surface area contributed by atoms with Crippen LogP contribution in [0.4, 0.5) is 0 Å². The molecule has 0 aliphatic carbocycles. The van der Waals surface area contributed by atoms with E-state index in [0.717, 1.165) is 23.1 Å². The van der Waals surface area contributed by atoms with Crippen LogP contribution in [-0.2, 0) is 16.0 Å². The van der Waals surface area contributed by atoms with Gasteiger partial charge < -0.3 is 0 Å². The summed E-state index contributed by atoms with van der Waals surface area (Å²) < 4.78 is 0. The minimum Gasteiger partial charge on any atom is -0.279 e. The van der Waals surface area contributed by atoms with E-state index in [2.05, 4.69) is 24.3 Å². The van der Waals surface area contributed by atoms with Gasteiger partial charge in [0.1, 0.15) is 0 Å². The smallest absolute Gasteiger partial charge is 0.234 e. The molecule has 1 heterocycles. The van der Waals surface area contributed by atoms with Crippen LogP contribution in [0.2, 0.25) is 5.02 Å². The number of hydrogen-bond donors (Lipinski definition) is 0. The average Bonchev–Trinajstić information content (AvgIpc) is 2.94. The molecule has 2 aromatic carbocycles. The van der Waals surface area contributed by atoms with Crippen LogP contribution in [0, 0.1) is 5.41 Å². The molecule has 0 radical (unpaired) electrons. The van der Waals surface area contributed by atoms with E-state index in [-0.39, 0.29) is 17.9 Å². The molecule has 0 bridgehead atoms. The van der Waals surface area contributed by atoms with Crippen LogP contribution < -0.4 is 0 Å². The van der Waals surface area contributed by atoms with Crippen molar-refractivity contribution in [1.29, 1.82) is 0 Å². The van der Waals surface area contributed by atoms with Crippen LogP contribution in [0.25, 0.3) is 11.1 Å². The van der Waals surface area contributed by atoms with Gasteiger partial charge in [0.2, 0.25) is 11.8 Å². The summed E-state index contributed by atoms with van der Waals surface area (Å²) in [5, 5.41) is 0.715. The highest BCUT2D eigenvalue weighted by Crippen LogP contribution is 2.29. The molecule has 1 saturated heterocycles. The topological polar surface area (TPSA) is 37.4 Å². The quantitative estimate of drug-likeness (QED) is 0.753. The van der Waals surface area contributed by atoms with Crippen molar-refractivity contribution in [3.63, 3.8) is 0 Å². The van der Waals surface area contributed by atoms with Gasteiger partial charge in [-0.05, 0) is 41.7 Å². The van der Waals surface area contributed by atoms with Gasteiger partial charge in [0.05, 0.1) is 0 Å². The normalized spacial score (nSPS) is 17.6. The number of nitrogens with zero attached hydrogens (tertiary/aromatic N) is 1. The molecule has 136 valence electrons. The maximum absolute atomic E-state index is 12.6. The van der Waals surface area contributed by atoms with Crippen molar-refractivity contribution in [2.45, 2.75) is 46.1 Å². The molecule has 1 fully saturated rings. The Balaban J connectivity index is 1.76. The predicted molar refractivity (Wildman–Crippen MR) is 105 cm³/mol. The standard InChI is InChI=1S/C22H24ClNO2/c1-22(2,3)21(26)24-19(11-12-20(24)25)13-15-7-9-16(10-8-15)17-5-4-6-18(23)14-17/h4-10,14,19H,11-13H2,1-3H3. The van der Waals surface area contributed by atoms with Crippen molar-refractivity contribution >= 4 is 23.4 Å². The molecule has 2 amide bonds. The number of carbonyl (C=O) groups excluding carboxylic acids is 2. The Morgan fingerprint density at radius 1 is 1.12 bits per heavy atom. The summed E-state index contributed by atoms with van der Waals surface area (Å²) in [6.45, 7) is 5.58. The summed E-state index contributed by atoms with van der Waals surface area (Å²) in [5.74, 6) is -0.133. The van der Waals surface area contributed by atoms with Crippen LogP contribution >= 0.6 is 11.6 Å². The lowest BCUT2D eigenvalue weighted by Gasteiger charge is -2.29. The fourth-order valence-corrected chi connectivity index (χ4v) is 3.54. The summed E-state index contributed by atoms with van der Waals surface area (Å²) in [7, 11) is 0. The number of rotatable bonds is 3. The first kappa shape index (κ1) is 18.7. The van der Waals surface area contributed by atoms with Gasteiger partial charge in [0.25, 0.3) is 0 Å². The fraction of sp³-hybridized carbons (Fsp3) is 0.364. The van der Waals surface area contributed by atoms with Crippen molar-refractivity contribution in [3.8, 4) is 11.1 Å². The second-order valence-corrected chi connectivity index (χ2v) is 8.36. The highest BCUT2D eigenvalue weighted by Gasteiger charge is 2.40. The zero-order valence-electron chi connectivity index (χ0n) is 15.5. The van der Waals surface area contributed by atoms with Gasteiger partial charge in [-0.15, -0.1) is 0 Å². The maximum atomic E-state index is 12.6. The van der Waals surface area contributed by atoms with Gasteiger partial charge in [-0.1, -0.05) is 68.8 Å². The van der Waals surface area contributed by atoms with Gasteiger partial charge in [0, 0.05) is 22.9 Å². The number of carbonyl (C=O) groups is 2. The largest absolute Gasteiger partial charge is 0.279 e. The first-order valence-corrected chi connectivity index (χ1v) is 9.35. The molecule has 1 aliphatic rings. The lowest BCUT2D eigenvalue weighted by molar-refractivity contribution is -0.149. The molecule has 0 N–H and O–H groups in total. The molecule has 1 unspecified atom stereocenters. The van der Waals surface area contributed by atoms with Crippen LogP contribution in [0.15, 0.2) is 48.5 Å². The first-order valence-electron chi connectivity index (χ1n) is 8.97. The number of halogens is 1. The third-order valence-corrected chi connectivity index (χ3v) is 5.00.